The molecule has 1 atom stereocenters. The molecule has 160 valence electrons. The molecule has 1 aromatic rings. The summed E-state index contributed by atoms with van der Waals surface area (Å²) in [6.07, 6.45) is 7.72. The summed E-state index contributed by atoms with van der Waals surface area (Å²) in [5.41, 5.74) is 2.66. The van der Waals surface area contributed by atoms with Gasteiger partial charge in [-0.15, -0.1) is 0 Å². The van der Waals surface area contributed by atoms with Crippen LogP contribution in [0.4, 0.5) is 0 Å². The highest BCUT2D eigenvalue weighted by Crippen LogP contribution is 2.67. The maximum atomic E-state index is 5.23. The first-order valence-corrected chi connectivity index (χ1v) is 14.2. The third-order valence-corrected chi connectivity index (χ3v) is 15.0. The minimum atomic E-state index is -0.148. The predicted octanol–water partition coefficient (Wildman–Crippen LogP) is 8.77. The molecule has 0 aliphatic carbocycles. The predicted molar refractivity (Wildman–Crippen MR) is 132 cm³/mol. The van der Waals surface area contributed by atoms with Gasteiger partial charge in [-0.05, 0) is 52.0 Å². The lowest BCUT2D eigenvalue weighted by molar-refractivity contribution is 0.465. The Morgan fingerprint density at radius 3 is 2.00 bits per heavy atom. The first-order chi connectivity index (χ1) is 12.7. The largest absolute Gasteiger partial charge is 0.257 e. The maximum absolute atomic E-state index is 5.23. The van der Waals surface area contributed by atoms with E-state index in [-0.39, 0.29) is 15.8 Å². The Kier molecular flexibility index (Phi) is 7.49. The zero-order valence-electron chi connectivity index (χ0n) is 20.3. The van der Waals surface area contributed by atoms with Crippen LogP contribution in [0.15, 0.2) is 18.2 Å². The van der Waals surface area contributed by atoms with Crippen LogP contribution in [0.2, 0.25) is 0 Å². The van der Waals surface area contributed by atoms with E-state index < -0.39 is 0 Å². The van der Waals surface area contributed by atoms with E-state index in [1.54, 1.807) is 0 Å². The van der Waals surface area contributed by atoms with Gasteiger partial charge in [-0.2, -0.15) is 0 Å². The van der Waals surface area contributed by atoms with Crippen molar-refractivity contribution in [2.45, 2.75) is 128 Å². The Bertz CT molecular complexity index is 608. The average Bonchev–Trinajstić information content (AvgIpc) is 2.55. The number of pyridine rings is 1. The second kappa shape index (κ2) is 8.63. The molecule has 1 aliphatic rings. The molecule has 1 fully saturated rings. The molecule has 0 spiro atoms. The summed E-state index contributed by atoms with van der Waals surface area (Å²) in [6.45, 7) is 24.6. The summed E-state index contributed by atoms with van der Waals surface area (Å²) in [5, 5.41) is 1.68. The fourth-order valence-electron chi connectivity index (χ4n) is 5.05. The van der Waals surface area contributed by atoms with E-state index in [0.29, 0.717) is 20.6 Å². The van der Waals surface area contributed by atoms with Crippen LogP contribution in [-0.2, 0) is 12.3 Å². The topological polar surface area (TPSA) is 12.9 Å². The average molecular weight is 422 g/mol. The van der Waals surface area contributed by atoms with Gasteiger partial charge in [0.15, 0.2) is 0 Å². The van der Waals surface area contributed by atoms with Crippen molar-refractivity contribution in [2.75, 3.05) is 0 Å². The van der Waals surface area contributed by atoms with Crippen molar-refractivity contribution in [1.82, 2.24) is 4.98 Å². The lowest BCUT2D eigenvalue weighted by Crippen LogP contribution is -2.35. The third kappa shape index (κ3) is 5.79. The fourth-order valence-corrected chi connectivity index (χ4v) is 12.5. The highest BCUT2D eigenvalue weighted by molar-refractivity contribution is 7.60. The Labute approximate surface area is 178 Å². The molecule has 1 aliphatic heterocycles. The summed E-state index contributed by atoms with van der Waals surface area (Å²) in [4.78, 5) is 5.23. The minimum Gasteiger partial charge on any atom is -0.257 e. The number of hydrogen-bond donors (Lipinski definition) is 0. The van der Waals surface area contributed by atoms with Gasteiger partial charge in [0.05, 0.1) is 0 Å². The Morgan fingerprint density at radius 1 is 0.964 bits per heavy atom. The Hall–Kier alpha value is 0.01000. The normalized spacial score (nSPS) is 21.5. The second-order valence-corrected chi connectivity index (χ2v) is 18.9. The van der Waals surface area contributed by atoms with Crippen LogP contribution < -0.4 is 0 Å². The number of rotatable bonds is 6. The van der Waals surface area contributed by atoms with Crippen LogP contribution in [0.25, 0.3) is 0 Å². The van der Waals surface area contributed by atoms with Crippen molar-refractivity contribution in [2.24, 2.45) is 0 Å². The summed E-state index contributed by atoms with van der Waals surface area (Å²) >= 11 is 0. The minimum absolute atomic E-state index is 0.0727. The summed E-state index contributed by atoms with van der Waals surface area (Å²) < 4.78 is 0. The van der Waals surface area contributed by atoms with Gasteiger partial charge in [0.2, 0.25) is 0 Å². The smallest absolute Gasteiger partial charge is 0.0450 e. The standard InChI is InChI=1S/C25H45NP2/c1-11-23(5,6)27(22(2,3)4)18-20-14-12-15-21(26-20)19-28-24(7,8)16-13-17-25(28,9)10/h12,14-15H,11,13,16-19H2,1-10H3. The zero-order valence-corrected chi connectivity index (χ0v) is 22.1. The zero-order chi connectivity index (χ0) is 21.4. The Balaban J connectivity index is 2.26. The molecule has 0 saturated carbocycles. The molecule has 2 heterocycles. The lowest BCUT2D eigenvalue weighted by Gasteiger charge is -2.50. The monoisotopic (exact) mass is 421 g/mol. The summed E-state index contributed by atoms with van der Waals surface area (Å²) in [5.74, 6) is 0. The van der Waals surface area contributed by atoms with Gasteiger partial charge in [-0.1, -0.05) is 97.6 Å². The molecule has 0 N–H and O–H groups in total. The SMILES string of the molecule is CCC(C)(C)P(Cc1cccc(CP2C(C)(C)CCCC2(C)C)n1)C(C)(C)C. The molecule has 0 aromatic carbocycles. The van der Waals surface area contributed by atoms with Gasteiger partial charge in [-0.3, -0.25) is 4.98 Å². The summed E-state index contributed by atoms with van der Waals surface area (Å²) in [7, 11) is -0.221. The van der Waals surface area contributed by atoms with Crippen molar-refractivity contribution in [3.8, 4) is 0 Å². The summed E-state index contributed by atoms with van der Waals surface area (Å²) in [6, 6.07) is 6.84. The first-order valence-electron chi connectivity index (χ1n) is 11.2. The van der Waals surface area contributed by atoms with Gasteiger partial charge in [-0.25, -0.2) is 0 Å². The van der Waals surface area contributed by atoms with E-state index in [1.807, 2.05) is 0 Å². The number of hydrogen-bond acceptors (Lipinski definition) is 1. The number of aromatic nitrogens is 1. The molecule has 3 heteroatoms. The second-order valence-electron chi connectivity index (χ2n) is 11.6. The third-order valence-electron chi connectivity index (χ3n) is 6.95. The molecule has 1 saturated heterocycles. The quantitative estimate of drug-likeness (QED) is 0.418. The van der Waals surface area contributed by atoms with Crippen molar-refractivity contribution in [3.05, 3.63) is 29.6 Å². The molecule has 0 bridgehead atoms. The molecule has 28 heavy (non-hydrogen) atoms. The van der Waals surface area contributed by atoms with E-state index >= 15 is 0 Å². The van der Waals surface area contributed by atoms with E-state index in [2.05, 4.69) is 87.4 Å². The van der Waals surface area contributed by atoms with Gasteiger partial charge in [0.1, 0.15) is 0 Å². The number of nitrogens with zero attached hydrogens (tertiary/aromatic N) is 1. The van der Waals surface area contributed by atoms with Gasteiger partial charge in [0, 0.05) is 23.7 Å². The molecule has 1 unspecified atom stereocenters. The van der Waals surface area contributed by atoms with E-state index in [1.165, 1.54) is 43.2 Å². The van der Waals surface area contributed by atoms with Crippen LogP contribution in [0, 0.1) is 0 Å². The van der Waals surface area contributed by atoms with Crippen LogP contribution in [0.3, 0.4) is 0 Å². The van der Waals surface area contributed by atoms with Crippen molar-refractivity contribution in [3.63, 3.8) is 0 Å². The molecule has 2 rings (SSSR count). The molecule has 1 nitrogen and oxygen atoms in total. The molecular weight excluding hydrogens is 376 g/mol. The van der Waals surface area contributed by atoms with Crippen LogP contribution in [0.5, 0.6) is 0 Å². The maximum Gasteiger partial charge on any atom is 0.0450 e. The molecule has 1 aromatic heterocycles. The molecular formula is C25H45NP2. The van der Waals surface area contributed by atoms with Gasteiger partial charge in [0.25, 0.3) is 0 Å². The van der Waals surface area contributed by atoms with Crippen LogP contribution in [0.1, 0.15) is 106 Å². The Morgan fingerprint density at radius 2 is 1.50 bits per heavy atom. The van der Waals surface area contributed by atoms with Crippen LogP contribution in [-0.4, -0.2) is 25.6 Å². The highest BCUT2D eigenvalue weighted by Gasteiger charge is 2.43. The van der Waals surface area contributed by atoms with E-state index in [4.69, 9.17) is 4.98 Å². The van der Waals surface area contributed by atoms with Crippen molar-refractivity contribution < 1.29 is 0 Å². The van der Waals surface area contributed by atoms with E-state index in [9.17, 15) is 0 Å². The van der Waals surface area contributed by atoms with Crippen LogP contribution >= 0.6 is 15.8 Å². The highest BCUT2D eigenvalue weighted by atomic mass is 31.1. The molecule has 0 radical (unpaired) electrons. The van der Waals surface area contributed by atoms with Crippen molar-refractivity contribution >= 4 is 15.8 Å². The van der Waals surface area contributed by atoms with Crippen molar-refractivity contribution in [1.29, 1.82) is 0 Å². The van der Waals surface area contributed by atoms with Gasteiger partial charge < -0.3 is 0 Å². The van der Waals surface area contributed by atoms with E-state index in [0.717, 1.165) is 6.16 Å². The first kappa shape index (κ1) is 24.3. The molecule has 0 amide bonds. The lowest BCUT2D eigenvalue weighted by atomic mass is 9.98. The fraction of sp³-hybridized carbons (Fsp3) is 0.800. The van der Waals surface area contributed by atoms with Gasteiger partial charge >= 0.3 is 0 Å².